The molecule has 0 bridgehead atoms. The lowest BCUT2D eigenvalue weighted by molar-refractivity contribution is 0.0601. The zero-order valence-corrected chi connectivity index (χ0v) is 11.7. The lowest BCUT2D eigenvalue weighted by Gasteiger charge is -2.09. The first-order chi connectivity index (χ1) is 9.19. The predicted octanol–water partition coefficient (Wildman–Crippen LogP) is 3.19. The van der Waals surface area contributed by atoms with Crippen molar-refractivity contribution in [2.24, 2.45) is 0 Å². The third-order valence-electron chi connectivity index (χ3n) is 2.98. The van der Waals surface area contributed by atoms with Crippen LogP contribution in [0.15, 0.2) is 18.3 Å². The van der Waals surface area contributed by atoms with E-state index >= 15 is 0 Å². The van der Waals surface area contributed by atoms with Crippen LogP contribution >= 0.6 is 11.6 Å². The largest absolute Gasteiger partial charge is 0.465 e. The minimum absolute atomic E-state index is 0.391. The molecule has 1 aromatic heterocycles. The van der Waals surface area contributed by atoms with Gasteiger partial charge in [0.15, 0.2) is 0 Å². The first-order valence-corrected chi connectivity index (χ1v) is 6.51. The summed E-state index contributed by atoms with van der Waals surface area (Å²) < 4.78 is 10.1. The van der Waals surface area contributed by atoms with E-state index in [1.54, 1.807) is 6.07 Å². The topological polar surface area (TPSA) is 51.3 Å². The number of carbonyl (C=O) groups is 1. The summed E-state index contributed by atoms with van der Waals surface area (Å²) in [4.78, 5) is 14.9. The minimum atomic E-state index is -0.425. The minimum Gasteiger partial charge on any atom is -0.465 e. The highest BCUT2D eigenvalue weighted by molar-refractivity contribution is 6.38. The van der Waals surface area contributed by atoms with Gasteiger partial charge in [0, 0.05) is 18.2 Å². The summed E-state index contributed by atoms with van der Waals surface area (Å²) in [5.41, 5.74) is 2.33. The molecule has 0 aliphatic heterocycles. The maximum atomic E-state index is 11.7. The SMILES string of the molecule is CCOCCc1cc(C(=O)OC)c(Cl)c2cc[nH]c12. The summed E-state index contributed by atoms with van der Waals surface area (Å²) in [6, 6.07) is 3.63. The Morgan fingerprint density at radius 1 is 1.47 bits per heavy atom. The van der Waals surface area contributed by atoms with Crippen LogP contribution in [0.3, 0.4) is 0 Å². The highest BCUT2D eigenvalue weighted by Crippen LogP contribution is 2.30. The molecule has 2 rings (SSSR count). The first kappa shape index (κ1) is 13.9. The van der Waals surface area contributed by atoms with E-state index in [0.717, 1.165) is 16.5 Å². The van der Waals surface area contributed by atoms with Gasteiger partial charge in [0.25, 0.3) is 0 Å². The van der Waals surface area contributed by atoms with Crippen LogP contribution in [-0.2, 0) is 15.9 Å². The third-order valence-corrected chi connectivity index (χ3v) is 3.39. The van der Waals surface area contributed by atoms with Gasteiger partial charge in [-0.3, -0.25) is 0 Å². The Labute approximate surface area is 116 Å². The molecule has 1 heterocycles. The quantitative estimate of drug-likeness (QED) is 0.676. The molecule has 2 aromatic rings. The average Bonchev–Trinajstić information content (AvgIpc) is 2.90. The number of halogens is 1. The van der Waals surface area contributed by atoms with E-state index in [1.165, 1.54) is 7.11 Å². The number of methoxy groups -OCH3 is 1. The Morgan fingerprint density at radius 3 is 2.95 bits per heavy atom. The van der Waals surface area contributed by atoms with Crippen molar-refractivity contribution < 1.29 is 14.3 Å². The second kappa shape index (κ2) is 6.08. The van der Waals surface area contributed by atoms with E-state index in [0.29, 0.717) is 30.2 Å². The number of nitrogens with one attached hydrogen (secondary N) is 1. The Bertz CT molecular complexity index is 592. The van der Waals surface area contributed by atoms with Crippen LogP contribution in [0, 0.1) is 0 Å². The zero-order valence-electron chi connectivity index (χ0n) is 11.0. The van der Waals surface area contributed by atoms with Crippen LogP contribution in [0.1, 0.15) is 22.8 Å². The molecule has 0 amide bonds. The number of esters is 1. The van der Waals surface area contributed by atoms with Crippen molar-refractivity contribution in [2.45, 2.75) is 13.3 Å². The number of ether oxygens (including phenoxy) is 2. The molecular weight excluding hydrogens is 266 g/mol. The van der Waals surface area contributed by atoms with Crippen molar-refractivity contribution in [3.8, 4) is 0 Å². The van der Waals surface area contributed by atoms with E-state index < -0.39 is 5.97 Å². The molecule has 0 unspecified atom stereocenters. The maximum Gasteiger partial charge on any atom is 0.339 e. The van der Waals surface area contributed by atoms with Crippen molar-refractivity contribution in [2.75, 3.05) is 20.3 Å². The summed E-state index contributed by atoms with van der Waals surface area (Å²) in [5.74, 6) is -0.425. The highest BCUT2D eigenvalue weighted by atomic mass is 35.5. The normalized spacial score (nSPS) is 10.9. The van der Waals surface area contributed by atoms with Gasteiger partial charge in [-0.2, -0.15) is 0 Å². The number of hydrogen-bond acceptors (Lipinski definition) is 3. The summed E-state index contributed by atoms with van der Waals surface area (Å²) in [6.07, 6.45) is 2.52. The maximum absolute atomic E-state index is 11.7. The Hall–Kier alpha value is -1.52. The standard InChI is InChI=1S/C14H16ClNO3/c1-3-19-7-5-9-8-11(14(17)18-2)12(15)10-4-6-16-13(9)10/h4,6,8,16H,3,5,7H2,1-2H3. The van der Waals surface area contributed by atoms with Gasteiger partial charge in [0.05, 0.1) is 29.8 Å². The number of aromatic nitrogens is 1. The van der Waals surface area contributed by atoms with Crippen molar-refractivity contribution in [1.29, 1.82) is 0 Å². The number of aromatic amines is 1. The van der Waals surface area contributed by atoms with E-state index in [2.05, 4.69) is 4.98 Å². The average molecular weight is 282 g/mol. The monoisotopic (exact) mass is 281 g/mol. The molecule has 0 aliphatic carbocycles. The van der Waals surface area contributed by atoms with E-state index in [1.807, 2.05) is 19.2 Å². The summed E-state index contributed by atoms with van der Waals surface area (Å²) in [5, 5.41) is 1.25. The Morgan fingerprint density at radius 2 is 2.26 bits per heavy atom. The molecule has 4 nitrogen and oxygen atoms in total. The molecule has 0 fully saturated rings. The van der Waals surface area contributed by atoms with Gasteiger partial charge in [-0.25, -0.2) is 4.79 Å². The number of hydrogen-bond donors (Lipinski definition) is 1. The second-order valence-corrected chi connectivity index (χ2v) is 4.48. The van der Waals surface area contributed by atoms with Crippen LogP contribution in [0.2, 0.25) is 5.02 Å². The number of H-pyrrole nitrogens is 1. The van der Waals surface area contributed by atoms with Crippen LogP contribution in [-0.4, -0.2) is 31.3 Å². The zero-order chi connectivity index (χ0) is 13.8. The first-order valence-electron chi connectivity index (χ1n) is 6.13. The Balaban J connectivity index is 2.46. The smallest absolute Gasteiger partial charge is 0.339 e. The summed E-state index contributed by atoms with van der Waals surface area (Å²) in [7, 11) is 1.35. The van der Waals surface area contributed by atoms with Crippen LogP contribution in [0.4, 0.5) is 0 Å². The van der Waals surface area contributed by atoms with Crippen LogP contribution in [0.25, 0.3) is 10.9 Å². The van der Waals surface area contributed by atoms with Gasteiger partial charge in [0.2, 0.25) is 0 Å². The summed E-state index contributed by atoms with van der Waals surface area (Å²) in [6.45, 7) is 3.23. The fourth-order valence-corrected chi connectivity index (χ4v) is 2.34. The molecule has 0 saturated carbocycles. The molecule has 0 radical (unpaired) electrons. The molecule has 0 aliphatic rings. The van der Waals surface area contributed by atoms with Crippen molar-refractivity contribution in [3.05, 3.63) is 34.5 Å². The van der Waals surface area contributed by atoms with Crippen LogP contribution < -0.4 is 0 Å². The molecule has 0 atom stereocenters. The number of benzene rings is 1. The van der Waals surface area contributed by atoms with Crippen molar-refractivity contribution >= 4 is 28.5 Å². The molecule has 0 spiro atoms. The third kappa shape index (κ3) is 2.74. The molecule has 19 heavy (non-hydrogen) atoms. The fraction of sp³-hybridized carbons (Fsp3) is 0.357. The number of carbonyl (C=O) groups excluding carboxylic acids is 1. The fourth-order valence-electron chi connectivity index (χ4n) is 2.05. The summed E-state index contributed by atoms with van der Waals surface area (Å²) >= 11 is 6.24. The second-order valence-electron chi connectivity index (χ2n) is 4.10. The van der Waals surface area contributed by atoms with Gasteiger partial charge >= 0.3 is 5.97 Å². The molecule has 1 N–H and O–H groups in total. The predicted molar refractivity (Wildman–Crippen MR) is 74.8 cm³/mol. The van der Waals surface area contributed by atoms with E-state index in [9.17, 15) is 4.79 Å². The van der Waals surface area contributed by atoms with Crippen molar-refractivity contribution in [3.63, 3.8) is 0 Å². The van der Waals surface area contributed by atoms with Gasteiger partial charge in [-0.15, -0.1) is 0 Å². The molecule has 5 heteroatoms. The Kier molecular flexibility index (Phi) is 4.45. The van der Waals surface area contributed by atoms with Gasteiger partial charge in [-0.1, -0.05) is 11.6 Å². The molecular formula is C14H16ClNO3. The lowest BCUT2D eigenvalue weighted by atomic mass is 10.0. The van der Waals surface area contributed by atoms with Crippen molar-refractivity contribution in [1.82, 2.24) is 4.98 Å². The van der Waals surface area contributed by atoms with E-state index in [-0.39, 0.29) is 0 Å². The molecule has 1 aromatic carbocycles. The van der Waals surface area contributed by atoms with E-state index in [4.69, 9.17) is 21.1 Å². The van der Waals surface area contributed by atoms with Crippen LogP contribution in [0.5, 0.6) is 0 Å². The number of rotatable bonds is 5. The van der Waals surface area contributed by atoms with Gasteiger partial charge < -0.3 is 14.5 Å². The van der Waals surface area contributed by atoms with Gasteiger partial charge in [0.1, 0.15) is 0 Å². The van der Waals surface area contributed by atoms with Gasteiger partial charge in [-0.05, 0) is 31.0 Å². The highest BCUT2D eigenvalue weighted by Gasteiger charge is 2.17. The number of fused-ring (bicyclic) bond motifs is 1. The lowest BCUT2D eigenvalue weighted by Crippen LogP contribution is -2.05. The molecule has 102 valence electrons. The molecule has 0 saturated heterocycles.